The summed E-state index contributed by atoms with van der Waals surface area (Å²) in [7, 11) is 1.41. The fourth-order valence-corrected chi connectivity index (χ4v) is 5.41. The Hall–Kier alpha value is -3.17. The van der Waals surface area contributed by atoms with E-state index in [0.29, 0.717) is 12.8 Å². The normalized spacial score (nSPS) is 20.9. The molecule has 1 amide bonds. The zero-order valence-electron chi connectivity index (χ0n) is 19.2. The maximum Gasteiger partial charge on any atom is 0.246 e. The van der Waals surface area contributed by atoms with Crippen molar-refractivity contribution in [1.29, 1.82) is 0 Å². The van der Waals surface area contributed by atoms with Gasteiger partial charge in [0.25, 0.3) is 0 Å². The Kier molecular flexibility index (Phi) is 6.61. The lowest BCUT2D eigenvalue weighted by atomic mass is 9.99. The van der Waals surface area contributed by atoms with Gasteiger partial charge in [-0.15, -0.1) is 0 Å². The van der Waals surface area contributed by atoms with Crippen LogP contribution >= 0.6 is 23.2 Å². The van der Waals surface area contributed by atoms with Crippen LogP contribution in [-0.4, -0.2) is 46.1 Å². The lowest BCUT2D eigenvalue weighted by Gasteiger charge is -2.38. The second kappa shape index (κ2) is 9.71. The molecular formula is C25H22Cl2F2N4O3. The van der Waals surface area contributed by atoms with Gasteiger partial charge in [0, 0.05) is 31.0 Å². The van der Waals surface area contributed by atoms with Crippen molar-refractivity contribution in [2.75, 3.05) is 12.4 Å². The molecule has 1 aromatic heterocycles. The average molecular weight is 535 g/mol. The number of hydrogen-bond acceptors (Lipinski definition) is 6. The van der Waals surface area contributed by atoms with Crippen molar-refractivity contribution in [2.45, 2.75) is 43.9 Å². The van der Waals surface area contributed by atoms with Gasteiger partial charge in [0.2, 0.25) is 5.91 Å². The molecule has 0 aliphatic carbocycles. The van der Waals surface area contributed by atoms with E-state index in [0.717, 1.165) is 12.8 Å². The van der Waals surface area contributed by atoms with E-state index in [4.69, 9.17) is 32.7 Å². The maximum atomic E-state index is 16.0. The van der Waals surface area contributed by atoms with Gasteiger partial charge in [-0.2, -0.15) is 0 Å². The molecule has 2 fully saturated rings. The highest BCUT2D eigenvalue weighted by Crippen LogP contribution is 2.43. The molecule has 2 bridgehead atoms. The van der Waals surface area contributed by atoms with Crippen LogP contribution in [0.25, 0.3) is 10.9 Å². The Labute approximate surface area is 216 Å². The van der Waals surface area contributed by atoms with Crippen LogP contribution in [0.4, 0.5) is 20.3 Å². The number of anilines is 2. The van der Waals surface area contributed by atoms with Gasteiger partial charge in [-0.25, -0.2) is 18.7 Å². The number of amides is 1. The van der Waals surface area contributed by atoms with Crippen LogP contribution in [0, 0.1) is 11.6 Å². The molecule has 0 radical (unpaired) electrons. The van der Waals surface area contributed by atoms with Crippen LogP contribution in [-0.2, 0) is 4.79 Å². The number of piperidine rings is 1. The first-order valence-corrected chi connectivity index (χ1v) is 12.1. The van der Waals surface area contributed by atoms with Crippen molar-refractivity contribution in [3.8, 4) is 11.5 Å². The zero-order valence-corrected chi connectivity index (χ0v) is 20.7. The van der Waals surface area contributed by atoms with Crippen LogP contribution in [0.3, 0.4) is 0 Å². The van der Waals surface area contributed by atoms with Gasteiger partial charge in [-0.3, -0.25) is 4.79 Å². The third-order valence-electron chi connectivity index (χ3n) is 6.70. The molecule has 0 spiro atoms. The van der Waals surface area contributed by atoms with Crippen molar-refractivity contribution < 1.29 is 23.0 Å². The van der Waals surface area contributed by atoms with Gasteiger partial charge >= 0.3 is 0 Å². The maximum absolute atomic E-state index is 16.0. The molecule has 11 heteroatoms. The van der Waals surface area contributed by atoms with Crippen LogP contribution in [0.1, 0.15) is 25.7 Å². The van der Waals surface area contributed by atoms with E-state index in [1.54, 1.807) is 0 Å². The quantitative estimate of drug-likeness (QED) is 0.306. The average Bonchev–Trinajstić information content (AvgIpc) is 3.15. The van der Waals surface area contributed by atoms with Crippen molar-refractivity contribution >= 4 is 51.5 Å². The molecular weight excluding hydrogens is 513 g/mol. The summed E-state index contributed by atoms with van der Waals surface area (Å²) < 4.78 is 42.2. The van der Waals surface area contributed by atoms with E-state index in [-0.39, 0.29) is 68.0 Å². The molecule has 2 saturated heterocycles. The minimum Gasteiger partial charge on any atom is -0.493 e. The van der Waals surface area contributed by atoms with Crippen molar-refractivity contribution in [1.82, 2.24) is 14.9 Å². The van der Waals surface area contributed by atoms with Crippen molar-refractivity contribution in [3.63, 3.8) is 0 Å². The number of aromatic nitrogens is 2. The minimum atomic E-state index is -0.794. The summed E-state index contributed by atoms with van der Waals surface area (Å²) in [5.74, 6) is -1.54. The summed E-state index contributed by atoms with van der Waals surface area (Å²) in [5, 5.41) is 2.57. The van der Waals surface area contributed by atoms with Gasteiger partial charge in [0.1, 0.15) is 18.2 Å². The van der Waals surface area contributed by atoms with Gasteiger partial charge in [-0.1, -0.05) is 29.8 Å². The van der Waals surface area contributed by atoms with E-state index in [1.807, 2.05) is 4.90 Å². The predicted molar refractivity (Wildman–Crippen MR) is 133 cm³/mol. The lowest BCUT2D eigenvalue weighted by Crippen LogP contribution is -2.48. The van der Waals surface area contributed by atoms with Gasteiger partial charge in [0.15, 0.2) is 23.1 Å². The van der Waals surface area contributed by atoms with E-state index in [1.165, 1.54) is 37.7 Å². The Bertz CT molecular complexity index is 1360. The lowest BCUT2D eigenvalue weighted by molar-refractivity contribution is -0.131. The Morgan fingerprint density at radius 1 is 1.19 bits per heavy atom. The minimum absolute atomic E-state index is 0.000940. The van der Waals surface area contributed by atoms with Crippen molar-refractivity contribution in [2.24, 2.45) is 0 Å². The molecule has 0 saturated carbocycles. The summed E-state index contributed by atoms with van der Waals surface area (Å²) in [5.41, 5.74) is 0.207. The SMILES string of the molecule is C=CC(=O)N1C2CCC1CC(Oc1c(OC)cc3ncnc(Nc4ccc(Cl)c(Cl)c4F)c3c1F)C2. The van der Waals surface area contributed by atoms with E-state index in [9.17, 15) is 9.18 Å². The molecule has 3 aromatic rings. The first kappa shape index (κ1) is 24.5. The van der Waals surface area contributed by atoms with Crippen LogP contribution in [0.2, 0.25) is 10.0 Å². The number of hydrogen-bond donors (Lipinski definition) is 1. The second-order valence-electron chi connectivity index (χ2n) is 8.73. The summed E-state index contributed by atoms with van der Waals surface area (Å²) >= 11 is 11.8. The third-order valence-corrected chi connectivity index (χ3v) is 7.48. The highest BCUT2D eigenvalue weighted by molar-refractivity contribution is 6.42. The molecule has 2 aromatic carbocycles. The van der Waals surface area contributed by atoms with E-state index < -0.39 is 11.6 Å². The number of rotatable bonds is 6. The molecule has 5 rings (SSSR count). The molecule has 188 valence electrons. The number of methoxy groups -OCH3 is 1. The number of nitrogens with one attached hydrogen (secondary N) is 1. The number of ether oxygens (including phenoxy) is 2. The molecule has 2 aliphatic rings. The highest BCUT2D eigenvalue weighted by atomic mass is 35.5. The Morgan fingerprint density at radius 2 is 1.92 bits per heavy atom. The van der Waals surface area contributed by atoms with Gasteiger partial charge < -0.3 is 19.7 Å². The number of benzene rings is 2. The second-order valence-corrected chi connectivity index (χ2v) is 9.52. The Balaban J connectivity index is 1.50. The smallest absolute Gasteiger partial charge is 0.246 e. The predicted octanol–water partition coefficient (Wildman–Crippen LogP) is 6.05. The van der Waals surface area contributed by atoms with Gasteiger partial charge in [0.05, 0.1) is 33.7 Å². The highest BCUT2D eigenvalue weighted by Gasteiger charge is 2.43. The summed E-state index contributed by atoms with van der Waals surface area (Å²) in [4.78, 5) is 22.4. The number of halogens is 4. The van der Waals surface area contributed by atoms with Gasteiger partial charge in [-0.05, 0) is 31.1 Å². The molecule has 2 unspecified atom stereocenters. The summed E-state index contributed by atoms with van der Waals surface area (Å²) in [6, 6.07) is 4.35. The molecule has 2 atom stereocenters. The zero-order chi connectivity index (χ0) is 25.6. The van der Waals surface area contributed by atoms with Crippen LogP contribution in [0.5, 0.6) is 11.5 Å². The molecule has 3 heterocycles. The number of nitrogens with zero attached hydrogens (tertiary/aromatic N) is 3. The summed E-state index contributed by atoms with van der Waals surface area (Å²) in [6.07, 6.45) is 5.05. The largest absolute Gasteiger partial charge is 0.493 e. The van der Waals surface area contributed by atoms with E-state index >= 15 is 4.39 Å². The summed E-state index contributed by atoms with van der Waals surface area (Å²) in [6.45, 7) is 3.59. The third kappa shape index (κ3) is 4.20. The molecule has 1 N–H and O–H groups in total. The van der Waals surface area contributed by atoms with Crippen LogP contribution < -0.4 is 14.8 Å². The fraction of sp³-hybridized carbons (Fsp3) is 0.320. The molecule has 36 heavy (non-hydrogen) atoms. The monoisotopic (exact) mass is 534 g/mol. The topological polar surface area (TPSA) is 76.6 Å². The Morgan fingerprint density at radius 3 is 2.58 bits per heavy atom. The molecule has 2 aliphatic heterocycles. The van der Waals surface area contributed by atoms with Crippen molar-refractivity contribution in [3.05, 3.63) is 58.9 Å². The first-order chi connectivity index (χ1) is 17.3. The van der Waals surface area contributed by atoms with E-state index in [2.05, 4.69) is 21.9 Å². The number of fused-ring (bicyclic) bond motifs is 3. The standard InChI is InChI=1S/C25H22Cl2F2N4O3/c1-3-19(34)33-12-4-5-13(33)9-14(8-12)36-24-18(35-2)10-17-20(23(24)29)25(31-11-30-17)32-16-7-6-15(26)21(27)22(16)28/h3,6-7,10-14H,1,4-5,8-9H2,2H3,(H,30,31,32). The number of carbonyl (C=O) groups excluding carboxylic acids is 1. The first-order valence-electron chi connectivity index (χ1n) is 11.4. The fourth-order valence-electron chi connectivity index (χ4n) is 5.10. The van der Waals surface area contributed by atoms with Crippen LogP contribution in [0.15, 0.2) is 37.2 Å². The number of carbonyl (C=O) groups is 1. The molecule has 7 nitrogen and oxygen atoms in total.